The van der Waals surface area contributed by atoms with Gasteiger partial charge in [-0.2, -0.15) is 0 Å². The SMILES string of the molecule is CC(C(=O)Nc1ccccc1Oc1ccccc1)N1CC2CCCC(N)C2C1. The Kier molecular flexibility index (Phi) is 5.64. The fraction of sp³-hybridized carbons (Fsp3) is 0.435. The number of ether oxygens (including phenoxy) is 1. The number of fused-ring (bicyclic) bond motifs is 1. The molecule has 5 heteroatoms. The zero-order valence-electron chi connectivity index (χ0n) is 16.4. The van der Waals surface area contributed by atoms with E-state index in [0.717, 1.165) is 25.3 Å². The Balaban J connectivity index is 1.42. The van der Waals surface area contributed by atoms with Crippen LogP contribution in [0, 0.1) is 11.8 Å². The third kappa shape index (κ3) is 4.05. The number of nitrogens with zero attached hydrogens (tertiary/aromatic N) is 1. The molecule has 4 unspecified atom stereocenters. The van der Waals surface area contributed by atoms with E-state index >= 15 is 0 Å². The molecule has 2 aromatic carbocycles. The van der Waals surface area contributed by atoms with Crippen LogP contribution in [0.4, 0.5) is 5.69 Å². The summed E-state index contributed by atoms with van der Waals surface area (Å²) < 4.78 is 5.96. The van der Waals surface area contributed by atoms with Gasteiger partial charge >= 0.3 is 0 Å². The number of para-hydroxylation sites is 3. The lowest BCUT2D eigenvalue weighted by molar-refractivity contribution is -0.120. The minimum atomic E-state index is -0.192. The van der Waals surface area contributed by atoms with Gasteiger partial charge in [0.25, 0.3) is 0 Å². The highest BCUT2D eigenvalue weighted by atomic mass is 16.5. The van der Waals surface area contributed by atoms with Gasteiger partial charge in [0, 0.05) is 19.1 Å². The Bertz CT molecular complexity index is 811. The largest absolute Gasteiger partial charge is 0.455 e. The number of nitrogens with two attached hydrogens (primary N) is 1. The fourth-order valence-electron chi connectivity index (χ4n) is 4.54. The molecule has 0 bridgehead atoms. The van der Waals surface area contributed by atoms with Gasteiger partial charge in [-0.3, -0.25) is 9.69 Å². The molecule has 1 aliphatic carbocycles. The normalized spacial score (nSPS) is 25.7. The van der Waals surface area contributed by atoms with Crippen LogP contribution in [0.3, 0.4) is 0 Å². The Hall–Kier alpha value is -2.37. The maximum Gasteiger partial charge on any atom is 0.241 e. The molecule has 28 heavy (non-hydrogen) atoms. The van der Waals surface area contributed by atoms with Crippen molar-refractivity contribution in [1.82, 2.24) is 4.90 Å². The molecule has 0 radical (unpaired) electrons. The summed E-state index contributed by atoms with van der Waals surface area (Å²) in [5.74, 6) is 2.54. The van der Waals surface area contributed by atoms with E-state index in [-0.39, 0.29) is 18.0 Å². The molecular formula is C23H29N3O2. The van der Waals surface area contributed by atoms with Crippen LogP contribution in [0.25, 0.3) is 0 Å². The van der Waals surface area contributed by atoms with Crippen molar-refractivity contribution >= 4 is 11.6 Å². The van der Waals surface area contributed by atoms with Crippen LogP contribution >= 0.6 is 0 Å². The van der Waals surface area contributed by atoms with Gasteiger partial charge in [0.05, 0.1) is 11.7 Å². The van der Waals surface area contributed by atoms with E-state index < -0.39 is 0 Å². The summed E-state index contributed by atoms with van der Waals surface area (Å²) >= 11 is 0. The summed E-state index contributed by atoms with van der Waals surface area (Å²) in [6, 6.07) is 17.2. The first kappa shape index (κ1) is 19.0. The quantitative estimate of drug-likeness (QED) is 0.828. The summed E-state index contributed by atoms with van der Waals surface area (Å²) in [4.78, 5) is 15.2. The van der Waals surface area contributed by atoms with Gasteiger partial charge in [-0.15, -0.1) is 0 Å². The van der Waals surface area contributed by atoms with Gasteiger partial charge in [-0.1, -0.05) is 36.8 Å². The van der Waals surface area contributed by atoms with E-state index in [1.807, 2.05) is 61.5 Å². The molecule has 2 aromatic rings. The second kappa shape index (κ2) is 8.33. The highest BCUT2D eigenvalue weighted by Crippen LogP contribution is 2.36. The average Bonchev–Trinajstić information content (AvgIpc) is 3.15. The number of carbonyl (C=O) groups is 1. The lowest BCUT2D eigenvalue weighted by Gasteiger charge is -2.30. The topological polar surface area (TPSA) is 67.6 Å². The van der Waals surface area contributed by atoms with Crippen LogP contribution in [-0.2, 0) is 4.79 Å². The molecule has 1 heterocycles. The van der Waals surface area contributed by atoms with Crippen LogP contribution < -0.4 is 15.8 Å². The molecule has 5 nitrogen and oxygen atoms in total. The van der Waals surface area contributed by atoms with Gasteiger partial charge in [0.15, 0.2) is 5.75 Å². The lowest BCUT2D eigenvalue weighted by atomic mass is 9.78. The predicted molar refractivity (Wildman–Crippen MR) is 111 cm³/mol. The van der Waals surface area contributed by atoms with Gasteiger partial charge in [-0.25, -0.2) is 0 Å². The molecule has 3 N–H and O–H groups in total. The summed E-state index contributed by atoms with van der Waals surface area (Å²) in [5.41, 5.74) is 7.02. The van der Waals surface area contributed by atoms with E-state index in [1.54, 1.807) is 0 Å². The highest BCUT2D eigenvalue weighted by molar-refractivity contribution is 5.95. The number of hydrogen-bond donors (Lipinski definition) is 2. The molecule has 2 fully saturated rings. The standard InChI is InChI=1S/C23H29N3O2/c1-16(26-14-17-8-7-11-20(24)19(17)15-26)23(27)25-21-12-5-6-13-22(21)28-18-9-3-2-4-10-18/h2-6,9-10,12-13,16-17,19-20H,7-8,11,14-15,24H2,1H3,(H,25,27). The lowest BCUT2D eigenvalue weighted by Crippen LogP contribution is -2.42. The van der Waals surface area contributed by atoms with Crippen molar-refractivity contribution in [3.63, 3.8) is 0 Å². The average molecular weight is 380 g/mol. The van der Waals surface area contributed by atoms with E-state index in [0.29, 0.717) is 23.3 Å². The molecule has 4 atom stereocenters. The maximum atomic E-state index is 13.0. The van der Waals surface area contributed by atoms with Crippen LogP contribution in [0.1, 0.15) is 26.2 Å². The minimum absolute atomic E-state index is 0.00340. The summed E-state index contributed by atoms with van der Waals surface area (Å²) in [6.07, 6.45) is 3.55. The number of anilines is 1. The van der Waals surface area contributed by atoms with Gasteiger partial charge in [0.1, 0.15) is 5.75 Å². The molecule has 0 aromatic heterocycles. The van der Waals surface area contributed by atoms with Crippen molar-refractivity contribution < 1.29 is 9.53 Å². The van der Waals surface area contributed by atoms with Gasteiger partial charge in [-0.05, 0) is 55.9 Å². The molecule has 148 valence electrons. The summed E-state index contributed by atoms with van der Waals surface area (Å²) in [6.45, 7) is 3.87. The van der Waals surface area contributed by atoms with Crippen LogP contribution in [0.5, 0.6) is 11.5 Å². The number of nitrogens with one attached hydrogen (secondary N) is 1. The second-order valence-electron chi connectivity index (χ2n) is 8.05. The molecule has 1 saturated heterocycles. The van der Waals surface area contributed by atoms with E-state index in [1.165, 1.54) is 12.8 Å². The highest BCUT2D eigenvalue weighted by Gasteiger charge is 2.41. The Morgan fingerprint density at radius 3 is 2.64 bits per heavy atom. The summed E-state index contributed by atoms with van der Waals surface area (Å²) in [7, 11) is 0. The summed E-state index contributed by atoms with van der Waals surface area (Å²) in [5, 5.41) is 3.06. The van der Waals surface area contributed by atoms with Crippen molar-refractivity contribution in [2.45, 2.75) is 38.3 Å². The number of hydrogen-bond acceptors (Lipinski definition) is 4. The molecule has 4 rings (SSSR count). The fourth-order valence-corrected chi connectivity index (χ4v) is 4.54. The van der Waals surface area contributed by atoms with Crippen molar-refractivity contribution in [3.05, 3.63) is 54.6 Å². The van der Waals surface area contributed by atoms with Gasteiger partial charge in [0.2, 0.25) is 5.91 Å². The smallest absolute Gasteiger partial charge is 0.241 e. The van der Waals surface area contributed by atoms with Crippen molar-refractivity contribution in [1.29, 1.82) is 0 Å². The van der Waals surface area contributed by atoms with E-state index in [4.69, 9.17) is 10.5 Å². The Morgan fingerprint density at radius 1 is 1.11 bits per heavy atom. The molecule has 1 amide bonds. The van der Waals surface area contributed by atoms with Crippen LogP contribution in [0.2, 0.25) is 0 Å². The molecule has 1 aliphatic heterocycles. The zero-order chi connectivity index (χ0) is 19.5. The predicted octanol–water partition coefficient (Wildman–Crippen LogP) is 3.87. The van der Waals surface area contributed by atoms with Crippen molar-refractivity contribution in [3.8, 4) is 11.5 Å². The Morgan fingerprint density at radius 2 is 1.86 bits per heavy atom. The number of amides is 1. The first-order valence-electron chi connectivity index (χ1n) is 10.2. The van der Waals surface area contributed by atoms with Crippen molar-refractivity contribution in [2.75, 3.05) is 18.4 Å². The number of rotatable bonds is 5. The number of carbonyl (C=O) groups excluding carboxylic acids is 1. The maximum absolute atomic E-state index is 13.0. The first-order valence-corrected chi connectivity index (χ1v) is 10.2. The van der Waals surface area contributed by atoms with Crippen LogP contribution in [-0.4, -0.2) is 36.0 Å². The number of benzene rings is 2. The second-order valence-corrected chi connectivity index (χ2v) is 8.05. The zero-order valence-corrected chi connectivity index (χ0v) is 16.4. The molecule has 1 saturated carbocycles. The molecular weight excluding hydrogens is 350 g/mol. The van der Waals surface area contributed by atoms with Gasteiger partial charge < -0.3 is 15.8 Å². The minimum Gasteiger partial charge on any atom is -0.455 e. The third-order valence-corrected chi connectivity index (χ3v) is 6.23. The van der Waals surface area contributed by atoms with E-state index in [9.17, 15) is 4.79 Å². The number of likely N-dealkylation sites (tertiary alicyclic amines) is 1. The first-order chi connectivity index (χ1) is 13.6. The van der Waals surface area contributed by atoms with Crippen LogP contribution in [0.15, 0.2) is 54.6 Å². The van der Waals surface area contributed by atoms with Crippen molar-refractivity contribution in [2.24, 2.45) is 17.6 Å². The Labute approximate surface area is 166 Å². The molecule has 0 spiro atoms. The van der Waals surface area contributed by atoms with E-state index in [2.05, 4.69) is 10.2 Å². The monoisotopic (exact) mass is 379 g/mol. The molecule has 2 aliphatic rings. The third-order valence-electron chi connectivity index (χ3n) is 6.23.